The molecular formula is C13H17N3S2. The van der Waals surface area contributed by atoms with Gasteiger partial charge in [0.1, 0.15) is 10.5 Å². The molecule has 0 unspecified atom stereocenters. The zero-order valence-corrected chi connectivity index (χ0v) is 12.7. The summed E-state index contributed by atoms with van der Waals surface area (Å²) in [5.74, 6) is 0.887. The zero-order valence-electron chi connectivity index (χ0n) is 11.1. The smallest absolute Gasteiger partial charge is 0.130 e. The number of aromatic amines is 1. The lowest BCUT2D eigenvalue weighted by atomic mass is 9.92. The zero-order chi connectivity index (χ0) is 13.3. The highest BCUT2D eigenvalue weighted by Gasteiger charge is 2.15. The van der Waals surface area contributed by atoms with Gasteiger partial charge in [-0.1, -0.05) is 33.0 Å². The van der Waals surface area contributed by atoms with Crippen LogP contribution in [0.4, 0.5) is 0 Å². The van der Waals surface area contributed by atoms with Gasteiger partial charge in [-0.25, -0.2) is 9.97 Å². The van der Waals surface area contributed by atoms with Crippen molar-refractivity contribution in [3.05, 3.63) is 38.3 Å². The molecule has 0 aliphatic carbocycles. The van der Waals surface area contributed by atoms with E-state index in [0.717, 1.165) is 22.2 Å². The molecule has 5 heteroatoms. The number of hydrogen-bond acceptors (Lipinski definition) is 4. The van der Waals surface area contributed by atoms with Gasteiger partial charge < -0.3 is 4.98 Å². The minimum atomic E-state index is 0.0449. The maximum absolute atomic E-state index is 5.23. The fourth-order valence-electron chi connectivity index (χ4n) is 1.66. The molecule has 0 atom stereocenters. The van der Waals surface area contributed by atoms with E-state index in [-0.39, 0.29) is 5.41 Å². The van der Waals surface area contributed by atoms with Crippen molar-refractivity contribution >= 4 is 23.6 Å². The molecule has 2 rings (SSSR count). The first kappa shape index (κ1) is 13.4. The second-order valence-corrected chi connectivity index (χ2v) is 6.84. The van der Waals surface area contributed by atoms with Gasteiger partial charge in [0.2, 0.25) is 0 Å². The van der Waals surface area contributed by atoms with E-state index in [9.17, 15) is 0 Å². The van der Waals surface area contributed by atoms with Crippen LogP contribution < -0.4 is 0 Å². The fourth-order valence-corrected chi connectivity index (χ4v) is 2.50. The fraction of sp³-hybridized carbons (Fsp3) is 0.462. The van der Waals surface area contributed by atoms with E-state index in [1.54, 1.807) is 11.3 Å². The van der Waals surface area contributed by atoms with Crippen molar-refractivity contribution in [3.8, 4) is 0 Å². The van der Waals surface area contributed by atoms with Crippen molar-refractivity contribution in [3.63, 3.8) is 0 Å². The minimum absolute atomic E-state index is 0.0449. The number of hydrogen-bond donors (Lipinski definition) is 1. The first-order valence-electron chi connectivity index (χ1n) is 5.86. The van der Waals surface area contributed by atoms with Crippen LogP contribution in [-0.4, -0.2) is 15.0 Å². The van der Waals surface area contributed by atoms with E-state index in [2.05, 4.69) is 41.1 Å². The molecule has 0 bridgehead atoms. The van der Waals surface area contributed by atoms with Gasteiger partial charge in [0.15, 0.2) is 0 Å². The molecule has 0 aromatic carbocycles. The third-order valence-corrected chi connectivity index (χ3v) is 3.65. The summed E-state index contributed by atoms with van der Waals surface area (Å²) in [6.07, 6.45) is 0.706. The normalized spacial score (nSPS) is 11.8. The number of H-pyrrole nitrogens is 1. The molecule has 3 nitrogen and oxygen atoms in total. The van der Waals surface area contributed by atoms with Crippen molar-refractivity contribution in [2.24, 2.45) is 0 Å². The average molecular weight is 279 g/mol. The van der Waals surface area contributed by atoms with Gasteiger partial charge in [-0.3, -0.25) is 0 Å². The minimum Gasteiger partial charge on any atom is -0.346 e. The molecule has 0 aliphatic heterocycles. The van der Waals surface area contributed by atoms with Gasteiger partial charge in [-0.2, -0.15) is 0 Å². The first-order chi connectivity index (χ1) is 8.34. The lowest BCUT2D eigenvalue weighted by molar-refractivity contribution is 0.562. The Hall–Kier alpha value is -1.07. The Morgan fingerprint density at radius 2 is 2.06 bits per heavy atom. The molecule has 0 radical (unpaired) electrons. The molecule has 18 heavy (non-hydrogen) atoms. The maximum Gasteiger partial charge on any atom is 0.130 e. The predicted octanol–water partition coefficient (Wildman–Crippen LogP) is 3.79. The molecule has 2 heterocycles. The van der Waals surface area contributed by atoms with Crippen molar-refractivity contribution in [2.75, 3.05) is 0 Å². The van der Waals surface area contributed by atoms with E-state index >= 15 is 0 Å². The Morgan fingerprint density at radius 1 is 1.33 bits per heavy atom. The van der Waals surface area contributed by atoms with E-state index < -0.39 is 0 Å². The number of nitrogens with zero attached hydrogens (tertiary/aromatic N) is 2. The van der Waals surface area contributed by atoms with Crippen molar-refractivity contribution in [1.29, 1.82) is 0 Å². The summed E-state index contributed by atoms with van der Waals surface area (Å²) in [6, 6.07) is 1.94. The highest BCUT2D eigenvalue weighted by Crippen LogP contribution is 2.20. The average Bonchev–Trinajstić information content (AvgIpc) is 2.61. The summed E-state index contributed by atoms with van der Waals surface area (Å²) in [7, 11) is 0. The Kier molecular flexibility index (Phi) is 3.64. The van der Waals surface area contributed by atoms with Crippen LogP contribution in [0.3, 0.4) is 0 Å². The molecule has 0 aliphatic rings. The largest absolute Gasteiger partial charge is 0.346 e. The van der Waals surface area contributed by atoms with Crippen LogP contribution in [0.1, 0.15) is 43.0 Å². The van der Waals surface area contributed by atoms with E-state index in [4.69, 9.17) is 12.2 Å². The maximum atomic E-state index is 5.23. The van der Waals surface area contributed by atoms with Crippen LogP contribution in [0, 0.1) is 11.6 Å². The molecule has 1 N–H and O–H groups in total. The van der Waals surface area contributed by atoms with Gasteiger partial charge in [0.25, 0.3) is 0 Å². The van der Waals surface area contributed by atoms with Crippen LogP contribution >= 0.6 is 23.6 Å². The van der Waals surface area contributed by atoms with Crippen LogP contribution in [0.25, 0.3) is 0 Å². The molecule has 0 saturated carbocycles. The summed E-state index contributed by atoms with van der Waals surface area (Å²) in [5, 5.41) is 3.15. The SMILES string of the molecule is Cc1nc(Cc2nc(=S)cc(C(C)(C)C)[nH]2)cs1. The lowest BCUT2D eigenvalue weighted by Gasteiger charge is -2.19. The van der Waals surface area contributed by atoms with Gasteiger partial charge in [0.05, 0.1) is 10.7 Å². The van der Waals surface area contributed by atoms with Crippen molar-refractivity contribution < 1.29 is 0 Å². The summed E-state index contributed by atoms with van der Waals surface area (Å²) in [5.41, 5.74) is 2.20. The molecule has 2 aromatic heterocycles. The summed E-state index contributed by atoms with van der Waals surface area (Å²) >= 11 is 6.89. The molecule has 0 amide bonds. The quantitative estimate of drug-likeness (QED) is 0.850. The van der Waals surface area contributed by atoms with Gasteiger partial charge >= 0.3 is 0 Å². The lowest BCUT2D eigenvalue weighted by Crippen LogP contribution is -2.15. The number of rotatable bonds is 2. The molecule has 96 valence electrons. The van der Waals surface area contributed by atoms with Crippen LogP contribution in [0.2, 0.25) is 0 Å². The van der Waals surface area contributed by atoms with E-state index in [0.29, 0.717) is 11.1 Å². The van der Waals surface area contributed by atoms with Crippen LogP contribution in [-0.2, 0) is 11.8 Å². The second kappa shape index (κ2) is 4.90. The predicted molar refractivity (Wildman–Crippen MR) is 77.8 cm³/mol. The monoisotopic (exact) mass is 279 g/mol. The Balaban J connectivity index is 2.34. The molecule has 0 saturated heterocycles. The number of aromatic nitrogens is 3. The van der Waals surface area contributed by atoms with Crippen LogP contribution in [0.15, 0.2) is 11.4 Å². The Labute approximate surface area is 116 Å². The summed E-state index contributed by atoms with van der Waals surface area (Å²) in [4.78, 5) is 12.2. The molecule has 2 aromatic rings. The second-order valence-electron chi connectivity index (χ2n) is 5.36. The third kappa shape index (κ3) is 3.23. The highest BCUT2D eigenvalue weighted by atomic mass is 32.1. The third-order valence-electron chi connectivity index (χ3n) is 2.62. The number of nitrogens with one attached hydrogen (secondary N) is 1. The summed E-state index contributed by atoms with van der Waals surface area (Å²) in [6.45, 7) is 8.48. The van der Waals surface area contributed by atoms with Gasteiger partial charge in [-0.15, -0.1) is 11.3 Å². The Bertz CT molecular complexity index is 605. The highest BCUT2D eigenvalue weighted by molar-refractivity contribution is 7.71. The number of thiazole rings is 1. The van der Waals surface area contributed by atoms with E-state index in [1.807, 2.05) is 13.0 Å². The molecular weight excluding hydrogens is 262 g/mol. The standard InChI is InChI=1S/C13H17N3S2/c1-8-14-9(7-18-8)5-11-15-10(13(2,3)4)6-12(17)16-11/h6-7H,5H2,1-4H3,(H,15,16,17). The van der Waals surface area contributed by atoms with Crippen molar-refractivity contribution in [2.45, 2.75) is 39.5 Å². The molecule has 0 spiro atoms. The molecule has 0 fully saturated rings. The first-order valence-corrected chi connectivity index (χ1v) is 7.15. The number of aryl methyl sites for hydroxylation is 1. The topological polar surface area (TPSA) is 41.6 Å². The van der Waals surface area contributed by atoms with Crippen LogP contribution in [0.5, 0.6) is 0 Å². The van der Waals surface area contributed by atoms with E-state index in [1.165, 1.54) is 0 Å². The van der Waals surface area contributed by atoms with Gasteiger partial charge in [0, 0.05) is 22.9 Å². The van der Waals surface area contributed by atoms with Crippen molar-refractivity contribution in [1.82, 2.24) is 15.0 Å². The van der Waals surface area contributed by atoms with Gasteiger partial charge in [-0.05, 0) is 13.0 Å². The summed E-state index contributed by atoms with van der Waals surface area (Å²) < 4.78 is 0.639. The Morgan fingerprint density at radius 3 is 2.61 bits per heavy atom.